The van der Waals surface area contributed by atoms with Crippen LogP contribution in [0.1, 0.15) is 27.2 Å². The van der Waals surface area contributed by atoms with E-state index in [1.807, 2.05) is 32.8 Å². The van der Waals surface area contributed by atoms with Crippen molar-refractivity contribution in [2.24, 2.45) is 5.73 Å². The van der Waals surface area contributed by atoms with Crippen LogP contribution in [0.4, 0.5) is 0 Å². The van der Waals surface area contributed by atoms with Crippen molar-refractivity contribution in [3.8, 4) is 0 Å². The van der Waals surface area contributed by atoms with Crippen molar-refractivity contribution >= 4 is 5.97 Å². The van der Waals surface area contributed by atoms with Gasteiger partial charge in [0.1, 0.15) is 6.04 Å². The molecule has 0 bridgehead atoms. The highest BCUT2D eigenvalue weighted by Gasteiger charge is 2.37. The molecule has 0 spiro atoms. The Labute approximate surface area is 86.4 Å². The molecule has 2 unspecified atom stereocenters. The number of nitrogens with zero attached hydrogens (tertiary/aromatic N) is 1. The van der Waals surface area contributed by atoms with Gasteiger partial charge in [-0.1, -0.05) is 6.92 Å². The molecule has 0 aromatic carbocycles. The summed E-state index contributed by atoms with van der Waals surface area (Å²) in [6.45, 7) is 6.14. The molecule has 0 rings (SSSR count). The molecule has 0 aliphatic rings. The first-order valence-corrected chi connectivity index (χ1v) is 4.99. The summed E-state index contributed by atoms with van der Waals surface area (Å²) >= 11 is 0. The highest BCUT2D eigenvalue weighted by Crippen LogP contribution is 2.20. The van der Waals surface area contributed by atoms with Gasteiger partial charge in [-0.3, -0.25) is 4.79 Å². The SMILES string of the molecule is CCOC(=O)C(N)C(C)(CC)N(C)C. The van der Waals surface area contributed by atoms with Crippen LogP contribution in [0.3, 0.4) is 0 Å². The van der Waals surface area contributed by atoms with Crippen molar-refractivity contribution in [3.05, 3.63) is 0 Å². The largest absolute Gasteiger partial charge is 0.465 e. The van der Waals surface area contributed by atoms with Crippen LogP contribution in [0.2, 0.25) is 0 Å². The van der Waals surface area contributed by atoms with E-state index in [1.54, 1.807) is 6.92 Å². The van der Waals surface area contributed by atoms with Crippen LogP contribution < -0.4 is 5.73 Å². The molecule has 0 aromatic heterocycles. The Morgan fingerprint density at radius 1 is 1.50 bits per heavy atom. The van der Waals surface area contributed by atoms with Gasteiger partial charge >= 0.3 is 5.97 Å². The molecule has 4 heteroatoms. The van der Waals surface area contributed by atoms with E-state index in [2.05, 4.69) is 0 Å². The lowest BCUT2D eigenvalue weighted by Crippen LogP contribution is -2.58. The smallest absolute Gasteiger partial charge is 0.324 e. The molecule has 4 nitrogen and oxygen atoms in total. The molecule has 84 valence electrons. The second-order valence-electron chi connectivity index (χ2n) is 3.83. The summed E-state index contributed by atoms with van der Waals surface area (Å²) in [5, 5.41) is 0. The van der Waals surface area contributed by atoms with Gasteiger partial charge in [0, 0.05) is 5.54 Å². The third-order valence-electron chi connectivity index (χ3n) is 2.95. The quantitative estimate of drug-likeness (QED) is 0.664. The Morgan fingerprint density at radius 3 is 2.29 bits per heavy atom. The minimum Gasteiger partial charge on any atom is -0.465 e. The maximum Gasteiger partial charge on any atom is 0.324 e. The number of nitrogens with two attached hydrogens (primary N) is 1. The van der Waals surface area contributed by atoms with Crippen LogP contribution in [0.15, 0.2) is 0 Å². The first-order chi connectivity index (χ1) is 6.40. The van der Waals surface area contributed by atoms with Gasteiger partial charge in [-0.2, -0.15) is 0 Å². The first kappa shape index (κ1) is 13.4. The van der Waals surface area contributed by atoms with E-state index in [0.29, 0.717) is 6.61 Å². The van der Waals surface area contributed by atoms with Crippen molar-refractivity contribution in [2.45, 2.75) is 38.8 Å². The number of ether oxygens (including phenoxy) is 1. The highest BCUT2D eigenvalue weighted by atomic mass is 16.5. The Kier molecular flexibility index (Phi) is 5.08. The maximum absolute atomic E-state index is 11.5. The second kappa shape index (κ2) is 5.32. The van der Waals surface area contributed by atoms with E-state index < -0.39 is 6.04 Å². The van der Waals surface area contributed by atoms with Crippen molar-refractivity contribution in [2.75, 3.05) is 20.7 Å². The molecule has 2 N–H and O–H groups in total. The van der Waals surface area contributed by atoms with E-state index in [0.717, 1.165) is 6.42 Å². The predicted molar refractivity (Wildman–Crippen MR) is 57.0 cm³/mol. The van der Waals surface area contributed by atoms with Gasteiger partial charge in [-0.25, -0.2) is 0 Å². The minimum atomic E-state index is -0.595. The van der Waals surface area contributed by atoms with E-state index in [1.165, 1.54) is 0 Å². The summed E-state index contributed by atoms with van der Waals surface area (Å²) in [6.07, 6.45) is 0.806. The predicted octanol–water partition coefficient (Wildman–Crippen LogP) is 0.607. The average molecular weight is 202 g/mol. The number of rotatable bonds is 5. The Morgan fingerprint density at radius 2 is 2.00 bits per heavy atom. The van der Waals surface area contributed by atoms with Gasteiger partial charge in [0.25, 0.3) is 0 Å². The van der Waals surface area contributed by atoms with Crippen molar-refractivity contribution in [1.82, 2.24) is 4.90 Å². The molecule has 0 fully saturated rings. The lowest BCUT2D eigenvalue weighted by atomic mass is 9.88. The molecule has 0 heterocycles. The molecular weight excluding hydrogens is 180 g/mol. The first-order valence-electron chi connectivity index (χ1n) is 4.99. The maximum atomic E-state index is 11.5. The van der Waals surface area contributed by atoms with Gasteiger partial charge in [-0.15, -0.1) is 0 Å². The Balaban J connectivity index is 4.60. The fraction of sp³-hybridized carbons (Fsp3) is 0.900. The molecule has 0 aliphatic carbocycles. The molecular formula is C10H22N2O2. The summed E-state index contributed by atoms with van der Waals surface area (Å²) in [4.78, 5) is 13.4. The zero-order chi connectivity index (χ0) is 11.4. The number of carbonyl (C=O) groups excluding carboxylic acids is 1. The summed E-state index contributed by atoms with van der Waals surface area (Å²) < 4.78 is 4.91. The standard InChI is InChI=1S/C10H22N2O2/c1-6-10(3,12(4)5)8(11)9(13)14-7-2/h8H,6-7,11H2,1-5H3. The van der Waals surface area contributed by atoms with E-state index in [-0.39, 0.29) is 11.5 Å². The number of likely N-dealkylation sites (N-methyl/N-ethyl adjacent to an activating group) is 1. The number of esters is 1. The van der Waals surface area contributed by atoms with Crippen molar-refractivity contribution in [1.29, 1.82) is 0 Å². The number of carbonyl (C=O) groups is 1. The Bertz CT molecular complexity index is 195. The molecule has 0 amide bonds. The lowest BCUT2D eigenvalue weighted by Gasteiger charge is -2.39. The van der Waals surface area contributed by atoms with Gasteiger partial charge in [-0.05, 0) is 34.4 Å². The molecule has 2 atom stereocenters. The number of hydrogen-bond donors (Lipinski definition) is 1. The second-order valence-corrected chi connectivity index (χ2v) is 3.83. The van der Waals surface area contributed by atoms with Crippen molar-refractivity contribution < 1.29 is 9.53 Å². The van der Waals surface area contributed by atoms with E-state index in [4.69, 9.17) is 10.5 Å². The van der Waals surface area contributed by atoms with Crippen LogP contribution in [0.5, 0.6) is 0 Å². The minimum absolute atomic E-state index is 0.328. The van der Waals surface area contributed by atoms with Gasteiger partial charge in [0.05, 0.1) is 6.61 Å². The molecule has 0 saturated heterocycles. The topological polar surface area (TPSA) is 55.6 Å². The highest BCUT2D eigenvalue weighted by molar-refractivity contribution is 5.77. The van der Waals surface area contributed by atoms with Crippen LogP contribution in [-0.2, 0) is 9.53 Å². The summed E-state index contributed by atoms with van der Waals surface area (Å²) in [6, 6.07) is -0.595. The summed E-state index contributed by atoms with van der Waals surface area (Å²) in [5.41, 5.74) is 5.54. The average Bonchev–Trinajstić information content (AvgIpc) is 2.15. The molecule has 0 saturated carbocycles. The normalized spacial score (nSPS) is 17.6. The molecule has 14 heavy (non-hydrogen) atoms. The van der Waals surface area contributed by atoms with Crippen molar-refractivity contribution in [3.63, 3.8) is 0 Å². The zero-order valence-electron chi connectivity index (χ0n) is 9.83. The lowest BCUT2D eigenvalue weighted by molar-refractivity contribution is -0.148. The molecule has 0 aromatic rings. The third-order valence-corrected chi connectivity index (χ3v) is 2.95. The summed E-state index contributed by atoms with van der Waals surface area (Å²) in [5.74, 6) is -0.328. The van der Waals surface area contributed by atoms with Gasteiger partial charge in [0.15, 0.2) is 0 Å². The van der Waals surface area contributed by atoms with Crippen LogP contribution in [-0.4, -0.2) is 43.2 Å². The van der Waals surface area contributed by atoms with Gasteiger partial charge in [0.2, 0.25) is 0 Å². The molecule has 0 aliphatic heterocycles. The van der Waals surface area contributed by atoms with Crippen LogP contribution in [0.25, 0.3) is 0 Å². The molecule has 0 radical (unpaired) electrons. The number of hydrogen-bond acceptors (Lipinski definition) is 4. The van der Waals surface area contributed by atoms with E-state index in [9.17, 15) is 4.79 Å². The fourth-order valence-corrected chi connectivity index (χ4v) is 1.30. The fourth-order valence-electron chi connectivity index (χ4n) is 1.30. The van der Waals surface area contributed by atoms with Crippen LogP contribution in [0, 0.1) is 0 Å². The monoisotopic (exact) mass is 202 g/mol. The third kappa shape index (κ3) is 2.69. The van der Waals surface area contributed by atoms with E-state index >= 15 is 0 Å². The van der Waals surface area contributed by atoms with Crippen LogP contribution >= 0.6 is 0 Å². The van der Waals surface area contributed by atoms with Gasteiger partial charge < -0.3 is 15.4 Å². The zero-order valence-corrected chi connectivity index (χ0v) is 9.83. The Hall–Kier alpha value is -0.610. The summed E-state index contributed by atoms with van der Waals surface area (Å²) in [7, 11) is 3.84.